The third-order valence-electron chi connectivity index (χ3n) is 3.54. The summed E-state index contributed by atoms with van der Waals surface area (Å²) in [6.45, 7) is 4.04. The maximum atomic E-state index is 11.9. The van der Waals surface area contributed by atoms with E-state index >= 15 is 0 Å². The summed E-state index contributed by atoms with van der Waals surface area (Å²) in [5, 5.41) is 5.43. The molecule has 0 fully saturated rings. The molecule has 1 unspecified atom stereocenters. The fourth-order valence-corrected chi connectivity index (χ4v) is 2.96. The van der Waals surface area contributed by atoms with Crippen LogP contribution in [0.3, 0.4) is 0 Å². The average Bonchev–Trinajstić information content (AvgIpc) is 2.95. The maximum Gasteiger partial charge on any atom is 0.231 e. The molecular formula is C14H15N3OS. The highest BCUT2D eigenvalue weighted by Crippen LogP contribution is 2.41. The second kappa shape index (κ2) is 4.35. The summed E-state index contributed by atoms with van der Waals surface area (Å²) in [5.41, 5.74) is 10.7. The van der Waals surface area contributed by atoms with Crippen molar-refractivity contribution in [3.05, 3.63) is 28.6 Å². The van der Waals surface area contributed by atoms with Gasteiger partial charge in [-0.05, 0) is 30.5 Å². The van der Waals surface area contributed by atoms with E-state index in [-0.39, 0.29) is 11.8 Å². The number of carbonyl (C=O) groups is 1. The van der Waals surface area contributed by atoms with E-state index in [9.17, 15) is 4.79 Å². The smallest absolute Gasteiger partial charge is 0.231 e. The number of aromatic nitrogens is 1. The van der Waals surface area contributed by atoms with Gasteiger partial charge in [-0.2, -0.15) is 0 Å². The number of rotatable bonds is 2. The molecule has 4 nitrogen and oxygen atoms in total. The first-order chi connectivity index (χ1) is 9.10. The third kappa shape index (κ3) is 1.90. The zero-order valence-electron chi connectivity index (χ0n) is 10.9. The molecule has 3 N–H and O–H groups in total. The fraction of sp³-hybridized carbons (Fsp3) is 0.286. The molecule has 1 aromatic carbocycles. The summed E-state index contributed by atoms with van der Waals surface area (Å²) >= 11 is 1.41. The number of nitrogen functional groups attached to an aromatic ring is 1. The van der Waals surface area contributed by atoms with Crippen molar-refractivity contribution in [2.75, 3.05) is 11.1 Å². The molecule has 0 saturated heterocycles. The van der Waals surface area contributed by atoms with E-state index in [1.54, 1.807) is 0 Å². The van der Waals surface area contributed by atoms with Crippen LogP contribution in [0.25, 0.3) is 11.3 Å². The molecule has 2 aromatic rings. The molecule has 5 heteroatoms. The number of carbonyl (C=O) groups excluding carboxylic acids is 1. The number of aryl methyl sites for hydroxylation is 1. The average molecular weight is 273 g/mol. The zero-order valence-corrected chi connectivity index (χ0v) is 11.7. The van der Waals surface area contributed by atoms with Gasteiger partial charge in [0.25, 0.3) is 0 Å². The maximum absolute atomic E-state index is 11.9. The summed E-state index contributed by atoms with van der Waals surface area (Å²) in [6, 6.07) is 4.20. The van der Waals surface area contributed by atoms with Gasteiger partial charge >= 0.3 is 0 Å². The second-order valence-corrected chi connectivity index (χ2v) is 5.63. The van der Waals surface area contributed by atoms with E-state index in [1.807, 2.05) is 12.3 Å². The van der Waals surface area contributed by atoms with Gasteiger partial charge in [-0.15, -0.1) is 11.3 Å². The van der Waals surface area contributed by atoms with E-state index in [1.165, 1.54) is 16.9 Å². The zero-order chi connectivity index (χ0) is 13.6. The monoisotopic (exact) mass is 273 g/mol. The summed E-state index contributed by atoms with van der Waals surface area (Å²) in [7, 11) is 0. The van der Waals surface area contributed by atoms with Gasteiger partial charge < -0.3 is 11.1 Å². The highest BCUT2D eigenvalue weighted by atomic mass is 32.1. The Morgan fingerprint density at radius 1 is 1.47 bits per heavy atom. The third-order valence-corrected chi connectivity index (χ3v) is 4.22. The standard InChI is InChI=1S/C14H15N3OS/c1-3-8-4-9-7(2)13(18)17-12(9)10(5-8)11-6-19-14(15)16-11/h4-7H,3H2,1-2H3,(H2,15,16)(H,17,18). The molecule has 0 aliphatic carbocycles. The van der Waals surface area contributed by atoms with Crippen molar-refractivity contribution in [1.82, 2.24) is 4.98 Å². The predicted molar refractivity (Wildman–Crippen MR) is 78.4 cm³/mol. The summed E-state index contributed by atoms with van der Waals surface area (Å²) in [5.74, 6) is -0.0519. The number of hydrogen-bond donors (Lipinski definition) is 2. The highest BCUT2D eigenvalue weighted by molar-refractivity contribution is 7.13. The molecule has 1 amide bonds. The van der Waals surface area contributed by atoms with Crippen LogP contribution < -0.4 is 11.1 Å². The lowest BCUT2D eigenvalue weighted by atomic mass is 9.95. The number of benzene rings is 1. The molecule has 0 bridgehead atoms. The normalized spacial score (nSPS) is 17.4. The minimum Gasteiger partial charge on any atom is -0.375 e. The Morgan fingerprint density at radius 2 is 2.26 bits per heavy atom. The Hall–Kier alpha value is -1.88. The van der Waals surface area contributed by atoms with Gasteiger partial charge in [0, 0.05) is 10.9 Å². The van der Waals surface area contributed by atoms with Crippen LogP contribution in [-0.4, -0.2) is 10.9 Å². The number of hydrogen-bond acceptors (Lipinski definition) is 4. The highest BCUT2D eigenvalue weighted by Gasteiger charge is 2.29. The number of nitrogens with zero attached hydrogens (tertiary/aromatic N) is 1. The molecule has 0 saturated carbocycles. The van der Waals surface area contributed by atoms with Gasteiger partial charge in [0.1, 0.15) is 0 Å². The van der Waals surface area contributed by atoms with E-state index in [2.05, 4.69) is 29.4 Å². The van der Waals surface area contributed by atoms with Crippen molar-refractivity contribution >= 4 is 28.1 Å². The molecule has 1 aliphatic rings. The minimum absolute atomic E-state index is 0.0488. The Labute approximate surface area is 115 Å². The van der Waals surface area contributed by atoms with Crippen LogP contribution in [0, 0.1) is 0 Å². The van der Waals surface area contributed by atoms with Crippen LogP contribution in [0.5, 0.6) is 0 Å². The van der Waals surface area contributed by atoms with Gasteiger partial charge in [0.2, 0.25) is 5.91 Å². The van der Waals surface area contributed by atoms with Gasteiger partial charge in [-0.1, -0.05) is 13.0 Å². The molecule has 1 aromatic heterocycles. The Morgan fingerprint density at radius 3 is 2.89 bits per heavy atom. The van der Waals surface area contributed by atoms with Crippen molar-refractivity contribution in [2.24, 2.45) is 0 Å². The first-order valence-corrected chi connectivity index (χ1v) is 7.17. The van der Waals surface area contributed by atoms with E-state index in [0.29, 0.717) is 5.13 Å². The molecule has 98 valence electrons. The largest absolute Gasteiger partial charge is 0.375 e. The van der Waals surface area contributed by atoms with Gasteiger partial charge in [0.15, 0.2) is 5.13 Å². The van der Waals surface area contributed by atoms with Crippen molar-refractivity contribution in [3.8, 4) is 11.3 Å². The van der Waals surface area contributed by atoms with Crippen LogP contribution in [-0.2, 0) is 11.2 Å². The topological polar surface area (TPSA) is 68.0 Å². The molecule has 0 radical (unpaired) electrons. The molecular weight excluding hydrogens is 258 g/mol. The molecule has 2 heterocycles. The number of anilines is 2. The van der Waals surface area contributed by atoms with Crippen LogP contribution >= 0.6 is 11.3 Å². The summed E-state index contributed by atoms with van der Waals surface area (Å²) in [4.78, 5) is 16.2. The lowest BCUT2D eigenvalue weighted by Crippen LogP contribution is -2.08. The Kier molecular flexibility index (Phi) is 2.78. The van der Waals surface area contributed by atoms with E-state index < -0.39 is 0 Å². The molecule has 0 spiro atoms. The lowest BCUT2D eigenvalue weighted by molar-refractivity contribution is -0.116. The van der Waals surface area contributed by atoms with Crippen molar-refractivity contribution < 1.29 is 4.79 Å². The first-order valence-electron chi connectivity index (χ1n) is 6.29. The van der Waals surface area contributed by atoms with E-state index in [4.69, 9.17) is 5.73 Å². The van der Waals surface area contributed by atoms with Crippen LogP contribution in [0.1, 0.15) is 30.9 Å². The van der Waals surface area contributed by atoms with Gasteiger partial charge in [-0.25, -0.2) is 4.98 Å². The summed E-state index contributed by atoms with van der Waals surface area (Å²) < 4.78 is 0. The SMILES string of the molecule is CCc1cc(-c2csc(N)n2)c2c(c1)C(C)C(=O)N2. The second-order valence-electron chi connectivity index (χ2n) is 4.74. The molecule has 1 aliphatic heterocycles. The molecule has 19 heavy (non-hydrogen) atoms. The lowest BCUT2D eigenvalue weighted by Gasteiger charge is -2.09. The van der Waals surface area contributed by atoms with Crippen LogP contribution in [0.15, 0.2) is 17.5 Å². The Balaban J connectivity index is 2.22. The van der Waals surface area contributed by atoms with Crippen molar-refractivity contribution in [1.29, 1.82) is 0 Å². The van der Waals surface area contributed by atoms with Crippen LogP contribution in [0.4, 0.5) is 10.8 Å². The van der Waals surface area contributed by atoms with E-state index in [0.717, 1.165) is 28.9 Å². The number of fused-ring (bicyclic) bond motifs is 1. The van der Waals surface area contributed by atoms with Crippen molar-refractivity contribution in [2.45, 2.75) is 26.2 Å². The number of thiazole rings is 1. The molecule has 1 atom stereocenters. The van der Waals surface area contributed by atoms with Crippen molar-refractivity contribution in [3.63, 3.8) is 0 Å². The predicted octanol–water partition coefficient (Wildman–Crippen LogP) is 3.01. The first kappa shape index (κ1) is 12.2. The van der Waals surface area contributed by atoms with Crippen LogP contribution in [0.2, 0.25) is 0 Å². The minimum atomic E-state index is -0.101. The summed E-state index contributed by atoms with van der Waals surface area (Å²) in [6.07, 6.45) is 0.931. The Bertz CT molecular complexity index is 663. The quantitative estimate of drug-likeness (QED) is 0.883. The number of nitrogens with two attached hydrogens (primary N) is 1. The van der Waals surface area contributed by atoms with Gasteiger partial charge in [0.05, 0.1) is 17.3 Å². The fourth-order valence-electron chi connectivity index (χ4n) is 2.40. The number of amides is 1. The molecule has 3 rings (SSSR count). The number of nitrogens with one attached hydrogen (secondary N) is 1. The van der Waals surface area contributed by atoms with Gasteiger partial charge in [-0.3, -0.25) is 4.79 Å².